The molecule has 0 unspecified atom stereocenters. The van der Waals surface area contributed by atoms with Crippen molar-refractivity contribution in [3.63, 3.8) is 0 Å². The number of aliphatic hydroxyl groups is 1. The third kappa shape index (κ3) is 2.74. The van der Waals surface area contributed by atoms with Crippen LogP contribution in [0.2, 0.25) is 5.02 Å². The van der Waals surface area contributed by atoms with Crippen molar-refractivity contribution in [1.29, 1.82) is 0 Å². The third-order valence-corrected chi connectivity index (χ3v) is 3.47. The molecule has 4 N–H and O–H groups in total. The van der Waals surface area contributed by atoms with Gasteiger partial charge in [-0.2, -0.15) is 0 Å². The maximum Gasteiger partial charge on any atom is 0.220 e. The molecular weight excluding hydrogens is 288 g/mol. The van der Waals surface area contributed by atoms with Crippen molar-refractivity contribution < 1.29 is 5.11 Å². The van der Waals surface area contributed by atoms with E-state index >= 15 is 0 Å². The lowest BCUT2D eigenvalue weighted by Gasteiger charge is -2.05. The number of nitrogens with one attached hydrogen (secondary N) is 1. The molecule has 6 heteroatoms. The zero-order valence-corrected chi connectivity index (χ0v) is 11.8. The maximum absolute atomic E-state index is 9.23. The van der Waals surface area contributed by atoms with E-state index < -0.39 is 0 Å². The molecule has 0 aliphatic heterocycles. The molecule has 2 heterocycles. The molecule has 0 bridgehead atoms. The fraction of sp³-hybridized carbons (Fsp3) is 0.0667. The molecule has 0 aliphatic rings. The molecule has 21 heavy (non-hydrogen) atoms. The summed E-state index contributed by atoms with van der Waals surface area (Å²) in [6.45, 7) is -0.0276. The van der Waals surface area contributed by atoms with Crippen molar-refractivity contribution in [3.8, 4) is 22.6 Å². The number of nitrogens with two attached hydrogens (primary N) is 1. The van der Waals surface area contributed by atoms with Crippen LogP contribution in [0, 0.1) is 0 Å². The van der Waals surface area contributed by atoms with Crippen molar-refractivity contribution in [1.82, 2.24) is 15.0 Å². The summed E-state index contributed by atoms with van der Waals surface area (Å²) in [5.74, 6) is 0.226. The standard InChI is InChI=1S/C15H13ClN4O/c16-11-2-1-9(8-21)7-10(11)12-3-4-13(19-12)14-5-6-18-15(17)20-14/h1-7,19,21H,8H2,(H2,17,18,20). The fourth-order valence-corrected chi connectivity index (χ4v) is 2.32. The van der Waals surface area contributed by atoms with Crippen LogP contribution in [0.3, 0.4) is 0 Å². The first-order valence-corrected chi connectivity index (χ1v) is 6.73. The number of hydrogen-bond acceptors (Lipinski definition) is 4. The lowest BCUT2D eigenvalue weighted by Crippen LogP contribution is -1.95. The quantitative estimate of drug-likeness (QED) is 0.694. The van der Waals surface area contributed by atoms with Gasteiger partial charge in [-0.05, 0) is 35.9 Å². The number of H-pyrrole nitrogens is 1. The number of aromatic nitrogens is 3. The van der Waals surface area contributed by atoms with E-state index in [0.717, 1.165) is 22.5 Å². The van der Waals surface area contributed by atoms with Gasteiger partial charge >= 0.3 is 0 Å². The van der Waals surface area contributed by atoms with E-state index in [-0.39, 0.29) is 12.6 Å². The molecular formula is C15H13ClN4O. The minimum absolute atomic E-state index is 0.0276. The number of anilines is 1. The highest BCUT2D eigenvalue weighted by atomic mass is 35.5. The van der Waals surface area contributed by atoms with Crippen LogP contribution in [0.15, 0.2) is 42.6 Å². The van der Waals surface area contributed by atoms with E-state index in [1.807, 2.05) is 18.2 Å². The van der Waals surface area contributed by atoms with Crippen LogP contribution in [0.25, 0.3) is 22.6 Å². The molecule has 2 aromatic heterocycles. The highest BCUT2D eigenvalue weighted by molar-refractivity contribution is 6.33. The average molecular weight is 301 g/mol. The van der Waals surface area contributed by atoms with Crippen LogP contribution in [0.1, 0.15) is 5.56 Å². The van der Waals surface area contributed by atoms with Gasteiger partial charge in [-0.3, -0.25) is 0 Å². The topological polar surface area (TPSA) is 87.8 Å². The summed E-state index contributed by atoms with van der Waals surface area (Å²) >= 11 is 6.22. The van der Waals surface area contributed by atoms with E-state index in [4.69, 9.17) is 17.3 Å². The Morgan fingerprint density at radius 3 is 2.71 bits per heavy atom. The van der Waals surface area contributed by atoms with E-state index in [9.17, 15) is 5.11 Å². The molecule has 0 saturated heterocycles. The van der Waals surface area contributed by atoms with Gasteiger partial charge in [0.2, 0.25) is 5.95 Å². The monoisotopic (exact) mass is 300 g/mol. The molecule has 0 spiro atoms. The first-order chi connectivity index (χ1) is 10.2. The SMILES string of the molecule is Nc1nccc(-c2ccc(-c3cc(CO)ccc3Cl)[nH]2)n1. The molecule has 3 aromatic rings. The maximum atomic E-state index is 9.23. The Balaban J connectivity index is 2.02. The van der Waals surface area contributed by atoms with Gasteiger partial charge in [0.05, 0.1) is 18.0 Å². The van der Waals surface area contributed by atoms with E-state index in [1.165, 1.54) is 0 Å². The largest absolute Gasteiger partial charge is 0.392 e. The molecule has 0 atom stereocenters. The van der Waals surface area contributed by atoms with Crippen molar-refractivity contribution in [2.24, 2.45) is 0 Å². The molecule has 1 aromatic carbocycles. The predicted molar refractivity (Wildman–Crippen MR) is 82.6 cm³/mol. The summed E-state index contributed by atoms with van der Waals surface area (Å²) in [6.07, 6.45) is 1.61. The van der Waals surface area contributed by atoms with Gasteiger partial charge < -0.3 is 15.8 Å². The number of hydrogen-bond donors (Lipinski definition) is 3. The Labute approximate surface area is 126 Å². The molecule has 0 saturated carbocycles. The lowest BCUT2D eigenvalue weighted by atomic mass is 10.1. The van der Waals surface area contributed by atoms with Crippen molar-refractivity contribution in [3.05, 3.63) is 53.2 Å². The second-order valence-electron chi connectivity index (χ2n) is 4.56. The minimum Gasteiger partial charge on any atom is -0.392 e. The second kappa shape index (κ2) is 5.55. The van der Waals surface area contributed by atoms with E-state index in [0.29, 0.717) is 10.7 Å². The van der Waals surface area contributed by atoms with Gasteiger partial charge in [-0.25, -0.2) is 9.97 Å². The summed E-state index contributed by atoms with van der Waals surface area (Å²) in [6, 6.07) is 11.0. The number of halogens is 1. The van der Waals surface area contributed by atoms with Crippen LogP contribution < -0.4 is 5.73 Å². The number of benzene rings is 1. The molecule has 0 amide bonds. The van der Waals surface area contributed by atoms with E-state index in [2.05, 4.69) is 15.0 Å². The molecule has 3 rings (SSSR count). The van der Waals surface area contributed by atoms with Crippen LogP contribution >= 0.6 is 11.6 Å². The molecule has 0 radical (unpaired) electrons. The Kier molecular flexibility index (Phi) is 3.60. The smallest absolute Gasteiger partial charge is 0.220 e. The normalized spacial score (nSPS) is 10.8. The van der Waals surface area contributed by atoms with Gasteiger partial charge in [-0.1, -0.05) is 17.7 Å². The van der Waals surface area contributed by atoms with Gasteiger partial charge in [0.15, 0.2) is 0 Å². The highest BCUT2D eigenvalue weighted by Gasteiger charge is 2.09. The number of rotatable bonds is 3. The predicted octanol–water partition coefficient (Wildman–Crippen LogP) is 2.87. The van der Waals surface area contributed by atoms with E-state index in [1.54, 1.807) is 24.4 Å². The van der Waals surface area contributed by atoms with Crippen molar-refractivity contribution >= 4 is 17.5 Å². The highest BCUT2D eigenvalue weighted by Crippen LogP contribution is 2.30. The van der Waals surface area contributed by atoms with Crippen LogP contribution in [0.5, 0.6) is 0 Å². The Morgan fingerprint density at radius 1 is 1.14 bits per heavy atom. The zero-order chi connectivity index (χ0) is 14.8. The summed E-state index contributed by atoms with van der Waals surface area (Å²) in [7, 11) is 0. The van der Waals surface area contributed by atoms with Crippen LogP contribution in [-0.2, 0) is 6.61 Å². The summed E-state index contributed by atoms with van der Waals surface area (Å²) in [4.78, 5) is 11.3. The number of aliphatic hydroxyl groups excluding tert-OH is 1. The van der Waals surface area contributed by atoms with Gasteiger partial charge in [0.25, 0.3) is 0 Å². The average Bonchev–Trinajstić information content (AvgIpc) is 2.97. The summed E-state index contributed by atoms with van der Waals surface area (Å²) in [5.41, 5.74) is 9.61. The number of aromatic amines is 1. The molecule has 0 aliphatic carbocycles. The van der Waals surface area contributed by atoms with Gasteiger partial charge in [0.1, 0.15) is 0 Å². The first kappa shape index (κ1) is 13.6. The molecule has 5 nitrogen and oxygen atoms in total. The summed E-state index contributed by atoms with van der Waals surface area (Å²) < 4.78 is 0. The lowest BCUT2D eigenvalue weighted by molar-refractivity contribution is 0.282. The van der Waals surface area contributed by atoms with Crippen molar-refractivity contribution in [2.45, 2.75) is 6.61 Å². The zero-order valence-electron chi connectivity index (χ0n) is 11.0. The Hall–Kier alpha value is -2.37. The fourth-order valence-electron chi connectivity index (χ4n) is 2.10. The third-order valence-electron chi connectivity index (χ3n) is 3.14. The van der Waals surface area contributed by atoms with Gasteiger partial charge in [-0.15, -0.1) is 0 Å². The van der Waals surface area contributed by atoms with Gasteiger partial charge in [0, 0.05) is 22.5 Å². The van der Waals surface area contributed by atoms with Crippen molar-refractivity contribution in [2.75, 3.05) is 5.73 Å². The molecule has 0 fully saturated rings. The van der Waals surface area contributed by atoms with Crippen LogP contribution in [0.4, 0.5) is 5.95 Å². The number of nitrogens with zero attached hydrogens (tertiary/aromatic N) is 2. The summed E-state index contributed by atoms with van der Waals surface area (Å²) in [5, 5.41) is 9.84. The molecule has 106 valence electrons. The first-order valence-electron chi connectivity index (χ1n) is 6.35. The van der Waals surface area contributed by atoms with Crippen LogP contribution in [-0.4, -0.2) is 20.1 Å². The minimum atomic E-state index is -0.0276. The Morgan fingerprint density at radius 2 is 1.95 bits per heavy atom. The number of nitrogen functional groups attached to an aromatic ring is 1. The Bertz CT molecular complexity index is 785. The second-order valence-corrected chi connectivity index (χ2v) is 4.97.